The zero-order chi connectivity index (χ0) is 13.3. The van der Waals surface area contributed by atoms with Gasteiger partial charge in [-0.3, -0.25) is 0 Å². The molecule has 0 spiro atoms. The lowest BCUT2D eigenvalue weighted by atomic mass is 10.2. The fourth-order valence-corrected chi connectivity index (χ4v) is 1.97. The van der Waals surface area contributed by atoms with Gasteiger partial charge in [0.25, 0.3) is 0 Å². The number of nitrogens with zero attached hydrogens (tertiary/aromatic N) is 2. The lowest BCUT2D eigenvalue weighted by molar-refractivity contribution is -0.137. The van der Waals surface area contributed by atoms with Crippen molar-refractivity contribution >= 4 is 15.9 Å². The largest absolute Gasteiger partial charge is 0.419 e. The van der Waals surface area contributed by atoms with Crippen molar-refractivity contribution in [2.75, 3.05) is 0 Å². The summed E-state index contributed by atoms with van der Waals surface area (Å²) >= 11 is 3.16. The van der Waals surface area contributed by atoms with E-state index in [-0.39, 0.29) is 5.69 Å². The Morgan fingerprint density at radius 2 is 2.00 bits per heavy atom. The molecule has 0 unspecified atom stereocenters. The van der Waals surface area contributed by atoms with E-state index in [1.165, 1.54) is 12.1 Å². The van der Waals surface area contributed by atoms with Crippen LogP contribution in [0.4, 0.5) is 17.6 Å². The molecule has 0 bridgehead atoms. The number of para-hydroxylation sites is 1. The summed E-state index contributed by atoms with van der Waals surface area (Å²) in [5.41, 5.74) is -0.372. The minimum absolute atomic E-state index is 0.0184. The summed E-state index contributed by atoms with van der Waals surface area (Å²) < 4.78 is 51.9. The van der Waals surface area contributed by atoms with Crippen molar-refractivity contribution in [3.63, 3.8) is 0 Å². The van der Waals surface area contributed by atoms with Crippen LogP contribution in [0, 0.1) is 5.82 Å². The second kappa shape index (κ2) is 4.72. The Balaban J connectivity index is 2.53. The van der Waals surface area contributed by atoms with Gasteiger partial charge in [0.2, 0.25) is 0 Å². The Kier molecular flexibility index (Phi) is 3.43. The summed E-state index contributed by atoms with van der Waals surface area (Å²) in [6.07, 6.45) is -3.05. The molecule has 2 nitrogen and oxygen atoms in total. The van der Waals surface area contributed by atoms with Crippen LogP contribution >= 0.6 is 15.9 Å². The van der Waals surface area contributed by atoms with Gasteiger partial charge in [-0.2, -0.15) is 18.3 Å². The lowest BCUT2D eigenvalue weighted by Crippen LogP contribution is -2.04. The molecule has 18 heavy (non-hydrogen) atoms. The smallest absolute Gasteiger partial charge is 0.237 e. The molecule has 0 fully saturated rings. The van der Waals surface area contributed by atoms with E-state index in [1.54, 1.807) is 6.07 Å². The summed E-state index contributed by atoms with van der Waals surface area (Å²) in [6, 6.07) is 4.28. The molecular weight excluding hydrogens is 316 g/mol. The standard InChI is InChI=1S/C11H7BrF4N2/c12-4-7-2-1-3-9(13)10(7)18-6-8(5-17-18)11(14,15)16/h1-3,5-6H,4H2. The third-order valence-corrected chi connectivity index (χ3v) is 2.96. The molecule has 7 heteroatoms. The number of hydrogen-bond donors (Lipinski definition) is 0. The molecule has 2 rings (SSSR count). The Morgan fingerprint density at radius 1 is 1.28 bits per heavy atom. The molecule has 1 aromatic carbocycles. The molecule has 0 amide bonds. The Bertz CT molecular complexity index is 562. The number of rotatable bonds is 2. The SMILES string of the molecule is Fc1cccc(CBr)c1-n1cc(C(F)(F)F)cn1. The number of benzene rings is 1. The van der Waals surface area contributed by atoms with E-state index in [9.17, 15) is 17.6 Å². The molecule has 0 aliphatic rings. The first-order chi connectivity index (χ1) is 8.43. The molecule has 1 heterocycles. The van der Waals surface area contributed by atoms with Gasteiger partial charge in [-0.05, 0) is 11.6 Å². The molecule has 0 saturated carbocycles. The van der Waals surface area contributed by atoms with Gasteiger partial charge < -0.3 is 0 Å². The monoisotopic (exact) mass is 322 g/mol. The van der Waals surface area contributed by atoms with E-state index in [2.05, 4.69) is 21.0 Å². The molecule has 0 saturated heterocycles. The third kappa shape index (κ3) is 2.40. The van der Waals surface area contributed by atoms with E-state index in [4.69, 9.17) is 0 Å². The molecule has 0 N–H and O–H groups in total. The molecule has 0 atom stereocenters. The highest BCUT2D eigenvalue weighted by Crippen LogP contribution is 2.30. The molecule has 1 aromatic heterocycles. The van der Waals surface area contributed by atoms with Crippen LogP contribution in [0.15, 0.2) is 30.6 Å². The predicted molar refractivity (Wildman–Crippen MR) is 61.2 cm³/mol. The second-order valence-electron chi connectivity index (χ2n) is 3.55. The highest BCUT2D eigenvalue weighted by molar-refractivity contribution is 9.08. The van der Waals surface area contributed by atoms with Crippen LogP contribution in [0.25, 0.3) is 5.69 Å². The summed E-state index contributed by atoms with van der Waals surface area (Å²) in [5.74, 6) is -0.622. The summed E-state index contributed by atoms with van der Waals surface area (Å²) in [7, 11) is 0. The fourth-order valence-electron chi connectivity index (χ4n) is 1.52. The van der Waals surface area contributed by atoms with E-state index in [1.807, 2.05) is 0 Å². The van der Waals surface area contributed by atoms with Crippen molar-refractivity contribution in [1.82, 2.24) is 9.78 Å². The minimum atomic E-state index is -4.49. The third-order valence-electron chi connectivity index (χ3n) is 2.35. The first kappa shape index (κ1) is 13.1. The van der Waals surface area contributed by atoms with Crippen molar-refractivity contribution in [3.05, 3.63) is 47.5 Å². The van der Waals surface area contributed by atoms with Crippen LogP contribution in [0.2, 0.25) is 0 Å². The lowest BCUT2D eigenvalue weighted by Gasteiger charge is -2.08. The minimum Gasteiger partial charge on any atom is -0.237 e. The van der Waals surface area contributed by atoms with Gasteiger partial charge in [0.15, 0.2) is 0 Å². The van der Waals surface area contributed by atoms with Gasteiger partial charge in [-0.1, -0.05) is 28.1 Å². The van der Waals surface area contributed by atoms with Crippen molar-refractivity contribution in [2.24, 2.45) is 0 Å². The predicted octanol–water partition coefficient (Wildman–Crippen LogP) is 3.93. The van der Waals surface area contributed by atoms with E-state index < -0.39 is 17.6 Å². The maximum absolute atomic E-state index is 13.7. The van der Waals surface area contributed by atoms with Crippen LogP contribution in [-0.4, -0.2) is 9.78 Å². The topological polar surface area (TPSA) is 17.8 Å². The van der Waals surface area contributed by atoms with Crippen molar-refractivity contribution < 1.29 is 17.6 Å². The van der Waals surface area contributed by atoms with Crippen LogP contribution in [0.3, 0.4) is 0 Å². The molecule has 0 aliphatic carbocycles. The van der Waals surface area contributed by atoms with Crippen LogP contribution in [0.5, 0.6) is 0 Å². The van der Waals surface area contributed by atoms with E-state index >= 15 is 0 Å². The average molecular weight is 323 g/mol. The van der Waals surface area contributed by atoms with Gasteiger partial charge in [0.05, 0.1) is 11.8 Å². The zero-order valence-electron chi connectivity index (χ0n) is 8.88. The molecule has 2 aromatic rings. The van der Waals surface area contributed by atoms with Gasteiger partial charge in [-0.15, -0.1) is 0 Å². The van der Waals surface area contributed by atoms with Crippen molar-refractivity contribution in [2.45, 2.75) is 11.5 Å². The summed E-state index contributed by atoms with van der Waals surface area (Å²) in [5, 5.41) is 3.88. The van der Waals surface area contributed by atoms with Crippen LogP contribution < -0.4 is 0 Å². The Hall–Kier alpha value is -1.37. The normalized spacial score (nSPS) is 11.8. The average Bonchev–Trinajstić information content (AvgIpc) is 2.77. The second-order valence-corrected chi connectivity index (χ2v) is 4.11. The molecule has 0 aliphatic heterocycles. The Labute approximate surface area is 108 Å². The van der Waals surface area contributed by atoms with E-state index in [0.717, 1.165) is 10.9 Å². The van der Waals surface area contributed by atoms with Gasteiger partial charge in [0, 0.05) is 11.5 Å². The maximum atomic E-state index is 13.7. The number of halogens is 5. The maximum Gasteiger partial charge on any atom is 0.419 e. The molecule has 96 valence electrons. The number of alkyl halides is 4. The number of aromatic nitrogens is 2. The fraction of sp³-hybridized carbons (Fsp3) is 0.182. The summed E-state index contributed by atoms with van der Waals surface area (Å²) in [6.45, 7) is 0. The quantitative estimate of drug-likeness (QED) is 0.605. The van der Waals surface area contributed by atoms with Crippen LogP contribution in [-0.2, 0) is 11.5 Å². The number of hydrogen-bond acceptors (Lipinski definition) is 1. The highest BCUT2D eigenvalue weighted by Gasteiger charge is 2.32. The Morgan fingerprint density at radius 3 is 2.56 bits per heavy atom. The van der Waals surface area contributed by atoms with E-state index in [0.29, 0.717) is 17.1 Å². The molecular formula is C11H7BrF4N2. The van der Waals surface area contributed by atoms with Gasteiger partial charge in [-0.25, -0.2) is 9.07 Å². The first-order valence-electron chi connectivity index (χ1n) is 4.89. The summed E-state index contributed by atoms with van der Waals surface area (Å²) in [4.78, 5) is 0. The first-order valence-corrected chi connectivity index (χ1v) is 6.01. The molecule has 0 radical (unpaired) electrons. The van der Waals surface area contributed by atoms with Gasteiger partial charge in [0.1, 0.15) is 11.5 Å². The zero-order valence-corrected chi connectivity index (χ0v) is 10.5. The highest BCUT2D eigenvalue weighted by atomic mass is 79.9. The van der Waals surface area contributed by atoms with Gasteiger partial charge >= 0.3 is 6.18 Å². The van der Waals surface area contributed by atoms with Crippen molar-refractivity contribution in [1.29, 1.82) is 0 Å². The van der Waals surface area contributed by atoms with Crippen LogP contribution in [0.1, 0.15) is 11.1 Å². The van der Waals surface area contributed by atoms with Crippen molar-refractivity contribution in [3.8, 4) is 5.69 Å².